The highest BCUT2D eigenvalue weighted by molar-refractivity contribution is 6.42. The number of hydrogen-bond donors (Lipinski definition) is 1. The SMILES string of the molecule is CC(CC(=O)c1ccc(Cl)c(Cl)c1)N1CCNCC1. The molecule has 19 heavy (non-hydrogen) atoms. The van der Waals surface area contributed by atoms with E-state index in [0.29, 0.717) is 22.0 Å². The summed E-state index contributed by atoms with van der Waals surface area (Å²) in [5.74, 6) is 0.115. The summed E-state index contributed by atoms with van der Waals surface area (Å²) in [5.41, 5.74) is 0.636. The smallest absolute Gasteiger partial charge is 0.164 e. The van der Waals surface area contributed by atoms with Gasteiger partial charge in [-0.25, -0.2) is 0 Å². The first-order valence-electron chi connectivity index (χ1n) is 6.51. The predicted octanol–water partition coefficient (Wildman–Crippen LogP) is 2.86. The molecule has 0 aliphatic carbocycles. The molecule has 1 aliphatic heterocycles. The fraction of sp³-hybridized carbons (Fsp3) is 0.500. The lowest BCUT2D eigenvalue weighted by Gasteiger charge is -2.32. The largest absolute Gasteiger partial charge is 0.314 e. The van der Waals surface area contributed by atoms with Crippen LogP contribution < -0.4 is 5.32 Å². The molecule has 1 aromatic rings. The number of rotatable bonds is 4. The number of ketones is 1. The molecule has 2 rings (SSSR count). The Morgan fingerprint density at radius 2 is 2.00 bits per heavy atom. The molecule has 0 aromatic heterocycles. The molecule has 1 aliphatic rings. The molecule has 104 valence electrons. The van der Waals surface area contributed by atoms with E-state index in [2.05, 4.69) is 17.1 Å². The Labute approximate surface area is 123 Å². The average molecular weight is 301 g/mol. The van der Waals surface area contributed by atoms with Gasteiger partial charge in [-0.2, -0.15) is 0 Å². The van der Waals surface area contributed by atoms with E-state index in [1.165, 1.54) is 0 Å². The number of piperazine rings is 1. The van der Waals surface area contributed by atoms with Gasteiger partial charge < -0.3 is 5.32 Å². The number of hydrogen-bond acceptors (Lipinski definition) is 3. The lowest BCUT2D eigenvalue weighted by atomic mass is 10.0. The number of nitrogens with one attached hydrogen (secondary N) is 1. The number of halogens is 2. The predicted molar refractivity (Wildman–Crippen MR) is 79.3 cm³/mol. The zero-order valence-electron chi connectivity index (χ0n) is 11.0. The van der Waals surface area contributed by atoms with Crippen LogP contribution in [0.1, 0.15) is 23.7 Å². The van der Waals surface area contributed by atoms with Gasteiger partial charge >= 0.3 is 0 Å². The molecular weight excluding hydrogens is 283 g/mol. The molecular formula is C14H18Cl2N2O. The summed E-state index contributed by atoms with van der Waals surface area (Å²) < 4.78 is 0. The van der Waals surface area contributed by atoms with Crippen molar-refractivity contribution < 1.29 is 4.79 Å². The zero-order chi connectivity index (χ0) is 13.8. The molecule has 1 heterocycles. The molecule has 1 saturated heterocycles. The molecule has 5 heteroatoms. The van der Waals surface area contributed by atoms with Gasteiger partial charge in [-0.05, 0) is 25.1 Å². The van der Waals surface area contributed by atoms with E-state index in [4.69, 9.17) is 23.2 Å². The molecule has 1 N–H and O–H groups in total. The van der Waals surface area contributed by atoms with Crippen molar-refractivity contribution in [3.8, 4) is 0 Å². The van der Waals surface area contributed by atoms with Gasteiger partial charge in [-0.15, -0.1) is 0 Å². The molecule has 1 aromatic carbocycles. The quantitative estimate of drug-likeness (QED) is 0.868. The number of carbonyl (C=O) groups is 1. The van der Waals surface area contributed by atoms with E-state index in [1.54, 1.807) is 18.2 Å². The maximum atomic E-state index is 12.2. The minimum atomic E-state index is 0.115. The van der Waals surface area contributed by atoms with Crippen molar-refractivity contribution in [2.75, 3.05) is 26.2 Å². The minimum absolute atomic E-state index is 0.115. The molecule has 1 unspecified atom stereocenters. The van der Waals surface area contributed by atoms with Crippen LogP contribution >= 0.6 is 23.2 Å². The first kappa shape index (κ1) is 14.8. The molecule has 0 spiro atoms. The summed E-state index contributed by atoms with van der Waals surface area (Å²) in [5, 5.41) is 4.22. The van der Waals surface area contributed by atoms with Gasteiger partial charge in [0.05, 0.1) is 10.0 Å². The standard InChI is InChI=1S/C14H18Cl2N2O/c1-10(18-6-4-17-5-7-18)8-14(19)11-2-3-12(15)13(16)9-11/h2-3,9-10,17H,4-8H2,1H3. The van der Waals surface area contributed by atoms with Crippen LogP contribution in [0.3, 0.4) is 0 Å². The van der Waals surface area contributed by atoms with Crippen LogP contribution in [-0.4, -0.2) is 42.9 Å². The van der Waals surface area contributed by atoms with E-state index in [-0.39, 0.29) is 11.8 Å². The van der Waals surface area contributed by atoms with Crippen LogP contribution in [0.5, 0.6) is 0 Å². The van der Waals surface area contributed by atoms with Crippen molar-refractivity contribution in [2.24, 2.45) is 0 Å². The zero-order valence-corrected chi connectivity index (χ0v) is 12.5. The monoisotopic (exact) mass is 300 g/mol. The summed E-state index contributed by atoms with van der Waals surface area (Å²) in [6.07, 6.45) is 0.512. The maximum Gasteiger partial charge on any atom is 0.164 e. The van der Waals surface area contributed by atoms with Gasteiger partial charge in [-0.1, -0.05) is 23.2 Å². The van der Waals surface area contributed by atoms with E-state index < -0.39 is 0 Å². The Balaban J connectivity index is 1.97. The van der Waals surface area contributed by atoms with Crippen molar-refractivity contribution in [1.82, 2.24) is 10.2 Å². The maximum absolute atomic E-state index is 12.2. The third kappa shape index (κ3) is 3.93. The molecule has 0 bridgehead atoms. The van der Waals surface area contributed by atoms with Crippen molar-refractivity contribution in [3.05, 3.63) is 33.8 Å². The summed E-state index contributed by atoms with van der Waals surface area (Å²) in [7, 11) is 0. The third-order valence-electron chi connectivity index (χ3n) is 3.50. The summed E-state index contributed by atoms with van der Waals surface area (Å²) in [6, 6.07) is 5.31. The summed E-state index contributed by atoms with van der Waals surface area (Å²) in [6.45, 7) is 6.07. The highest BCUT2D eigenvalue weighted by Crippen LogP contribution is 2.23. The first-order chi connectivity index (χ1) is 9.08. The number of Topliss-reactive ketones (excluding diaryl/α,β-unsaturated/α-hetero) is 1. The minimum Gasteiger partial charge on any atom is -0.314 e. The fourth-order valence-corrected chi connectivity index (χ4v) is 2.61. The second kappa shape index (κ2) is 6.71. The number of carbonyl (C=O) groups excluding carboxylic acids is 1. The second-order valence-corrected chi connectivity index (χ2v) is 5.71. The average Bonchev–Trinajstić information content (AvgIpc) is 2.42. The normalized spacial score (nSPS) is 18.3. The van der Waals surface area contributed by atoms with Crippen molar-refractivity contribution in [2.45, 2.75) is 19.4 Å². The molecule has 1 atom stereocenters. The fourth-order valence-electron chi connectivity index (χ4n) is 2.31. The van der Waals surface area contributed by atoms with Crippen molar-refractivity contribution in [1.29, 1.82) is 0 Å². The highest BCUT2D eigenvalue weighted by atomic mass is 35.5. The Hall–Kier alpha value is -0.610. The van der Waals surface area contributed by atoms with E-state index >= 15 is 0 Å². The first-order valence-corrected chi connectivity index (χ1v) is 7.26. The third-order valence-corrected chi connectivity index (χ3v) is 4.24. The van der Waals surface area contributed by atoms with Crippen LogP contribution in [0.25, 0.3) is 0 Å². The lowest BCUT2D eigenvalue weighted by Crippen LogP contribution is -2.48. The number of benzene rings is 1. The van der Waals surface area contributed by atoms with Crippen LogP contribution in [0.4, 0.5) is 0 Å². The molecule has 3 nitrogen and oxygen atoms in total. The van der Waals surface area contributed by atoms with E-state index in [1.807, 2.05) is 0 Å². The van der Waals surface area contributed by atoms with Crippen LogP contribution in [-0.2, 0) is 0 Å². The second-order valence-electron chi connectivity index (χ2n) is 4.89. The molecule has 0 radical (unpaired) electrons. The van der Waals surface area contributed by atoms with Gasteiger partial charge in [0.25, 0.3) is 0 Å². The summed E-state index contributed by atoms with van der Waals surface area (Å²) >= 11 is 11.8. The molecule has 0 amide bonds. The van der Waals surface area contributed by atoms with E-state index in [0.717, 1.165) is 26.2 Å². The van der Waals surface area contributed by atoms with Crippen molar-refractivity contribution in [3.63, 3.8) is 0 Å². The van der Waals surface area contributed by atoms with Gasteiger partial charge in [0.1, 0.15) is 0 Å². The highest BCUT2D eigenvalue weighted by Gasteiger charge is 2.20. The van der Waals surface area contributed by atoms with Crippen LogP contribution in [0.2, 0.25) is 10.0 Å². The lowest BCUT2D eigenvalue weighted by molar-refractivity contribution is 0.0918. The van der Waals surface area contributed by atoms with Gasteiger partial charge in [0.15, 0.2) is 5.78 Å². The van der Waals surface area contributed by atoms with Gasteiger partial charge in [-0.3, -0.25) is 9.69 Å². The Morgan fingerprint density at radius 3 is 2.63 bits per heavy atom. The van der Waals surface area contributed by atoms with E-state index in [9.17, 15) is 4.79 Å². The van der Waals surface area contributed by atoms with Crippen LogP contribution in [0, 0.1) is 0 Å². The Kier molecular flexibility index (Phi) is 5.22. The molecule has 1 fully saturated rings. The van der Waals surface area contributed by atoms with Gasteiger partial charge in [0.2, 0.25) is 0 Å². The van der Waals surface area contributed by atoms with Crippen LogP contribution in [0.15, 0.2) is 18.2 Å². The summed E-state index contributed by atoms with van der Waals surface area (Å²) in [4.78, 5) is 14.6. The number of nitrogens with zero attached hydrogens (tertiary/aromatic N) is 1. The topological polar surface area (TPSA) is 32.3 Å². The molecule has 0 saturated carbocycles. The Morgan fingerprint density at radius 1 is 1.32 bits per heavy atom. The van der Waals surface area contributed by atoms with Crippen molar-refractivity contribution >= 4 is 29.0 Å². The Bertz CT molecular complexity index is 459. The van der Waals surface area contributed by atoms with Gasteiger partial charge in [0, 0.05) is 44.2 Å².